The van der Waals surface area contributed by atoms with E-state index in [2.05, 4.69) is 42.2 Å². The Morgan fingerprint density at radius 1 is 1.00 bits per heavy atom. The molecule has 0 spiro atoms. The number of aliphatic hydroxyl groups is 1. The molecule has 14 nitrogen and oxygen atoms in total. The van der Waals surface area contributed by atoms with Gasteiger partial charge in [-0.25, -0.2) is 4.98 Å². The molecule has 58 heavy (non-hydrogen) atoms. The normalized spacial score (nSPS) is 22.8. The fourth-order valence-corrected chi connectivity index (χ4v) is 9.66. The first kappa shape index (κ1) is 39.2. The summed E-state index contributed by atoms with van der Waals surface area (Å²) in [5, 5.41) is 39.3. The van der Waals surface area contributed by atoms with E-state index >= 15 is 0 Å². The smallest absolute Gasteiger partial charge is 0.246 e. The fraction of sp³-hybridized carbons (Fsp3) is 0.419. The summed E-state index contributed by atoms with van der Waals surface area (Å²) in [5.41, 5.74) is 6.46. The predicted octanol–water partition coefficient (Wildman–Crippen LogP) is 4.64. The molecule has 4 fully saturated rings. The van der Waals surface area contributed by atoms with Gasteiger partial charge in [-0.1, -0.05) is 57.2 Å². The van der Waals surface area contributed by atoms with Crippen molar-refractivity contribution >= 4 is 46.0 Å². The first-order valence-corrected chi connectivity index (χ1v) is 20.5. The molecular weight excluding hydrogens is 757 g/mol. The lowest BCUT2D eigenvalue weighted by Gasteiger charge is -2.70. The van der Waals surface area contributed by atoms with Crippen molar-refractivity contribution in [3.63, 3.8) is 0 Å². The molecule has 3 saturated carbocycles. The number of fused-ring (bicyclic) bond motifs is 1. The second kappa shape index (κ2) is 14.9. The maximum atomic E-state index is 14.0. The Balaban J connectivity index is 0.824. The molecular formula is C43H48N8O6S. The van der Waals surface area contributed by atoms with Crippen LogP contribution in [-0.2, 0) is 31.1 Å². The Hall–Kier alpha value is -5.67. The zero-order chi connectivity index (χ0) is 41.0. The van der Waals surface area contributed by atoms with Crippen molar-refractivity contribution in [2.75, 3.05) is 6.54 Å². The minimum atomic E-state index is -0.987. The molecule has 4 heterocycles. The SMILES string of the molecule is Cc1ncsc1-c1ccc(CNC(=O)[C@@H]2C[C@@H](O)CN2C(=O)[C@@H](NC(=O)CCC(=O)NC23CC(c4cc5cc(-c6ccccc6O)nnc5[nH]4)(C2)C3)C(C)(C)C)cc1. The lowest BCUT2D eigenvalue weighted by Crippen LogP contribution is -2.76. The zero-order valence-corrected chi connectivity index (χ0v) is 33.8. The predicted molar refractivity (Wildman–Crippen MR) is 218 cm³/mol. The number of hydrogen-bond donors (Lipinski definition) is 6. The van der Waals surface area contributed by atoms with Gasteiger partial charge < -0.3 is 36.0 Å². The molecule has 4 aliphatic rings. The van der Waals surface area contributed by atoms with Gasteiger partial charge in [-0.15, -0.1) is 21.5 Å². The number of para-hydroxylation sites is 1. The number of aromatic amines is 1. The highest BCUT2D eigenvalue weighted by Crippen LogP contribution is 2.67. The third-order valence-corrected chi connectivity index (χ3v) is 12.8. The summed E-state index contributed by atoms with van der Waals surface area (Å²) < 4.78 is 0. The van der Waals surface area contributed by atoms with Gasteiger partial charge >= 0.3 is 0 Å². The summed E-state index contributed by atoms with van der Waals surface area (Å²) >= 11 is 1.57. The Kier molecular flexibility index (Phi) is 10.1. The number of H-pyrrole nitrogens is 1. The molecule has 6 N–H and O–H groups in total. The summed E-state index contributed by atoms with van der Waals surface area (Å²) in [6.45, 7) is 7.66. The van der Waals surface area contributed by atoms with Crippen molar-refractivity contribution in [2.45, 2.75) is 102 Å². The first-order valence-electron chi connectivity index (χ1n) is 19.6. The first-order chi connectivity index (χ1) is 27.6. The van der Waals surface area contributed by atoms with E-state index in [-0.39, 0.29) is 60.9 Å². The van der Waals surface area contributed by atoms with Crippen LogP contribution in [0.4, 0.5) is 0 Å². The molecule has 0 radical (unpaired) electrons. The number of aromatic nitrogens is 4. The summed E-state index contributed by atoms with van der Waals surface area (Å²) in [6, 6.07) is 16.9. The molecule has 9 rings (SSSR count). The number of benzene rings is 2. The largest absolute Gasteiger partial charge is 0.507 e. The van der Waals surface area contributed by atoms with Crippen LogP contribution in [0, 0.1) is 12.3 Å². The van der Waals surface area contributed by atoms with E-state index in [1.54, 1.807) is 29.5 Å². The number of aliphatic hydroxyl groups excluding tert-OH is 1. The van der Waals surface area contributed by atoms with Crippen molar-refractivity contribution in [3.8, 4) is 27.4 Å². The number of likely N-dealkylation sites (tertiary alicyclic amines) is 1. The third-order valence-electron chi connectivity index (χ3n) is 11.9. The van der Waals surface area contributed by atoms with Crippen LogP contribution >= 0.6 is 11.3 Å². The molecule has 0 unspecified atom stereocenters. The molecule has 3 aliphatic carbocycles. The van der Waals surface area contributed by atoms with Crippen molar-refractivity contribution in [2.24, 2.45) is 5.41 Å². The Morgan fingerprint density at radius 2 is 1.72 bits per heavy atom. The van der Waals surface area contributed by atoms with Gasteiger partial charge in [-0.2, -0.15) is 0 Å². The van der Waals surface area contributed by atoms with E-state index in [1.165, 1.54) is 4.90 Å². The number of carbonyl (C=O) groups excluding carboxylic acids is 4. The van der Waals surface area contributed by atoms with Gasteiger partial charge in [0.05, 0.1) is 27.9 Å². The number of nitrogens with one attached hydrogen (secondary N) is 4. The number of aryl methyl sites for hydroxylation is 1. The van der Waals surface area contributed by atoms with Crippen LogP contribution in [0.1, 0.15) is 76.2 Å². The highest BCUT2D eigenvalue weighted by atomic mass is 32.1. The lowest BCUT2D eigenvalue weighted by molar-refractivity contribution is -0.144. The maximum Gasteiger partial charge on any atom is 0.246 e. The van der Waals surface area contributed by atoms with Gasteiger partial charge in [0.15, 0.2) is 5.65 Å². The number of carbonyl (C=O) groups is 4. The number of amides is 4. The second-order valence-corrected chi connectivity index (χ2v) is 18.2. The van der Waals surface area contributed by atoms with Crippen LogP contribution < -0.4 is 16.0 Å². The van der Waals surface area contributed by atoms with E-state index in [4.69, 9.17) is 0 Å². The van der Waals surface area contributed by atoms with Crippen molar-refractivity contribution in [1.82, 2.24) is 41.0 Å². The topological polar surface area (TPSA) is 203 Å². The molecule has 3 aromatic heterocycles. The quantitative estimate of drug-likeness (QED) is 0.104. The minimum Gasteiger partial charge on any atom is -0.507 e. The van der Waals surface area contributed by atoms with Gasteiger partial charge in [-0.3, -0.25) is 19.2 Å². The van der Waals surface area contributed by atoms with Gasteiger partial charge in [0, 0.05) is 59.9 Å². The number of phenolic OH excluding ortho intramolecular Hbond substituents is 1. The molecule has 15 heteroatoms. The van der Waals surface area contributed by atoms with E-state index in [9.17, 15) is 29.4 Å². The van der Waals surface area contributed by atoms with Gasteiger partial charge in [0.1, 0.15) is 17.8 Å². The highest BCUT2D eigenvalue weighted by Gasteiger charge is 2.69. The van der Waals surface area contributed by atoms with E-state index in [0.29, 0.717) is 16.9 Å². The Labute approximate surface area is 339 Å². The molecule has 302 valence electrons. The van der Waals surface area contributed by atoms with Crippen molar-refractivity contribution in [3.05, 3.63) is 83.1 Å². The second-order valence-electron chi connectivity index (χ2n) is 17.3. The Morgan fingerprint density at radius 3 is 2.41 bits per heavy atom. The molecule has 4 amide bonds. The number of hydrogen-bond acceptors (Lipinski definition) is 10. The van der Waals surface area contributed by atoms with Crippen LogP contribution in [0.15, 0.2) is 66.2 Å². The Bertz CT molecular complexity index is 2380. The van der Waals surface area contributed by atoms with E-state index in [0.717, 1.165) is 52.0 Å². The maximum absolute atomic E-state index is 14.0. The van der Waals surface area contributed by atoms with Gasteiger partial charge in [-0.05, 0) is 67.0 Å². The summed E-state index contributed by atoms with van der Waals surface area (Å²) in [6.07, 6.45) is 1.35. The molecule has 5 aromatic rings. The average Bonchev–Trinajstić information content (AvgIpc) is 3.90. The van der Waals surface area contributed by atoms with Crippen LogP contribution in [0.3, 0.4) is 0 Å². The third kappa shape index (κ3) is 7.55. The van der Waals surface area contributed by atoms with Crippen LogP contribution in [0.25, 0.3) is 32.7 Å². The van der Waals surface area contributed by atoms with Crippen LogP contribution in [-0.4, -0.2) is 89.2 Å². The van der Waals surface area contributed by atoms with Crippen LogP contribution in [0.5, 0.6) is 5.75 Å². The van der Waals surface area contributed by atoms with Gasteiger partial charge in [0.25, 0.3) is 0 Å². The molecule has 2 bridgehead atoms. The molecule has 1 saturated heterocycles. The number of β-amino-alcohol motifs (C(OH)–C–C–N with tert-alkyl or cyclic N) is 1. The monoisotopic (exact) mass is 804 g/mol. The minimum absolute atomic E-state index is 0.0283. The van der Waals surface area contributed by atoms with Crippen LogP contribution in [0.2, 0.25) is 0 Å². The lowest BCUT2D eigenvalue weighted by atomic mass is 9.38. The van der Waals surface area contributed by atoms with Crippen molar-refractivity contribution < 1.29 is 29.4 Å². The molecule has 1 aliphatic heterocycles. The highest BCUT2D eigenvalue weighted by molar-refractivity contribution is 7.13. The van der Waals surface area contributed by atoms with Gasteiger partial charge in [0.2, 0.25) is 23.6 Å². The number of nitrogens with zero attached hydrogens (tertiary/aromatic N) is 4. The fourth-order valence-electron chi connectivity index (χ4n) is 8.84. The van der Waals surface area contributed by atoms with E-state index < -0.39 is 35.4 Å². The summed E-state index contributed by atoms with van der Waals surface area (Å²) in [5.74, 6) is -1.38. The standard InChI is InChI=1S/C43H48N8O6S/c1-24-36(58-23-45-24)26-11-9-25(10-12-26)18-44-39(56)31-17-28(52)19-51(31)40(57)37(41(2,3)4)47-34(54)13-14-35(55)48-43-20-42(21-43,22-43)33-16-27-15-30(49-50-38(27)46-33)29-7-5-6-8-32(29)53/h5-12,15-16,23,28,31,37,52-53H,13-14,17-22H2,1-4H3,(H,44,56)(H,46,50)(H,47,54)(H,48,55)/t28-,31+,37-,42?,43?/m1/s1. The number of thiazole rings is 1. The zero-order valence-electron chi connectivity index (χ0n) is 33.0. The summed E-state index contributed by atoms with van der Waals surface area (Å²) in [7, 11) is 0. The number of rotatable bonds is 12. The molecule has 3 atom stereocenters. The average molecular weight is 805 g/mol. The number of aromatic hydroxyl groups is 1. The number of phenols is 1. The molecule has 2 aromatic carbocycles. The summed E-state index contributed by atoms with van der Waals surface area (Å²) in [4.78, 5) is 64.0. The van der Waals surface area contributed by atoms with Crippen molar-refractivity contribution in [1.29, 1.82) is 0 Å². The van der Waals surface area contributed by atoms with E-state index in [1.807, 2.05) is 69.6 Å².